The summed E-state index contributed by atoms with van der Waals surface area (Å²) in [6.07, 6.45) is 1.70. The molecule has 0 radical (unpaired) electrons. The van der Waals surface area contributed by atoms with Gasteiger partial charge in [0.25, 0.3) is 0 Å². The summed E-state index contributed by atoms with van der Waals surface area (Å²) >= 11 is 3.37. The molecule has 0 bridgehead atoms. The van der Waals surface area contributed by atoms with Crippen molar-refractivity contribution in [2.75, 3.05) is 20.2 Å². The van der Waals surface area contributed by atoms with Crippen LogP contribution in [-0.4, -0.2) is 36.1 Å². The van der Waals surface area contributed by atoms with Crippen molar-refractivity contribution in [1.82, 2.24) is 10.2 Å². The number of methoxy groups -OCH3 is 1. The lowest BCUT2D eigenvalue weighted by molar-refractivity contribution is -0.127. The third kappa shape index (κ3) is 5.06. The standard InChI is InChI=1S/C22H27BrN2O3/c1-15(17-6-4-3-5-7-17)24-22(27)18-8-10-25(11-9-18)14-16-12-19(23)21(26)20(13-16)28-2/h3-7,12-13,15,18,26H,8-11,14H2,1-2H3,(H,24,27)/t15-/m1/s1. The maximum Gasteiger partial charge on any atom is 0.223 e. The first kappa shape index (κ1) is 20.7. The van der Waals surface area contributed by atoms with Crippen LogP contribution in [0.25, 0.3) is 0 Å². The molecule has 6 heteroatoms. The topological polar surface area (TPSA) is 61.8 Å². The van der Waals surface area contributed by atoms with E-state index in [1.807, 2.05) is 49.4 Å². The summed E-state index contributed by atoms with van der Waals surface area (Å²) in [5.74, 6) is 0.788. The van der Waals surface area contributed by atoms with Crippen molar-refractivity contribution in [3.63, 3.8) is 0 Å². The molecule has 0 unspecified atom stereocenters. The van der Waals surface area contributed by atoms with Crippen LogP contribution in [0.5, 0.6) is 11.5 Å². The largest absolute Gasteiger partial charge is 0.503 e. The van der Waals surface area contributed by atoms with E-state index in [0.717, 1.165) is 43.6 Å². The maximum absolute atomic E-state index is 12.6. The summed E-state index contributed by atoms with van der Waals surface area (Å²) in [6.45, 7) is 4.54. The molecule has 2 aromatic carbocycles. The SMILES string of the molecule is COc1cc(CN2CCC(C(=O)N[C@H](C)c3ccccc3)CC2)cc(Br)c1O. The minimum atomic E-state index is 0.0218. The highest BCUT2D eigenvalue weighted by Crippen LogP contribution is 2.35. The molecular weight excluding hydrogens is 420 g/mol. The highest BCUT2D eigenvalue weighted by Gasteiger charge is 2.26. The molecule has 150 valence electrons. The Kier molecular flexibility index (Phi) is 6.97. The number of ether oxygens (including phenoxy) is 1. The van der Waals surface area contributed by atoms with E-state index in [0.29, 0.717) is 10.2 Å². The first-order valence-corrected chi connectivity index (χ1v) is 10.4. The van der Waals surface area contributed by atoms with Gasteiger partial charge in [-0.15, -0.1) is 0 Å². The molecule has 1 heterocycles. The Morgan fingerprint density at radius 2 is 1.96 bits per heavy atom. The van der Waals surface area contributed by atoms with Crippen LogP contribution in [0, 0.1) is 5.92 Å². The van der Waals surface area contributed by atoms with Gasteiger partial charge < -0.3 is 15.2 Å². The first-order chi connectivity index (χ1) is 13.5. The van der Waals surface area contributed by atoms with Gasteiger partial charge in [-0.25, -0.2) is 0 Å². The Hall–Kier alpha value is -2.05. The number of carbonyl (C=O) groups excluding carboxylic acids is 1. The van der Waals surface area contributed by atoms with E-state index in [4.69, 9.17) is 4.74 Å². The van der Waals surface area contributed by atoms with Crippen molar-refractivity contribution < 1.29 is 14.6 Å². The molecule has 0 aromatic heterocycles. The van der Waals surface area contributed by atoms with E-state index in [1.165, 1.54) is 0 Å². The van der Waals surface area contributed by atoms with Crippen LogP contribution in [0.1, 0.15) is 36.9 Å². The van der Waals surface area contributed by atoms with Crippen molar-refractivity contribution in [2.45, 2.75) is 32.4 Å². The molecule has 1 atom stereocenters. The molecule has 0 aliphatic carbocycles. The van der Waals surface area contributed by atoms with Gasteiger partial charge in [0.1, 0.15) is 0 Å². The Morgan fingerprint density at radius 3 is 2.61 bits per heavy atom. The van der Waals surface area contributed by atoms with Crippen molar-refractivity contribution in [3.05, 3.63) is 58.1 Å². The van der Waals surface area contributed by atoms with Gasteiger partial charge in [-0.2, -0.15) is 0 Å². The predicted octanol–water partition coefficient (Wildman–Crippen LogP) is 4.25. The summed E-state index contributed by atoms with van der Waals surface area (Å²) in [4.78, 5) is 15.0. The minimum Gasteiger partial charge on any atom is -0.503 e. The van der Waals surface area contributed by atoms with Gasteiger partial charge in [0.2, 0.25) is 5.91 Å². The Bertz CT molecular complexity index is 805. The Morgan fingerprint density at radius 1 is 1.29 bits per heavy atom. The number of aromatic hydroxyl groups is 1. The van der Waals surface area contributed by atoms with Crippen LogP contribution in [0.15, 0.2) is 46.9 Å². The van der Waals surface area contributed by atoms with Crippen molar-refractivity contribution >= 4 is 21.8 Å². The number of phenols is 1. The molecule has 28 heavy (non-hydrogen) atoms. The second-order valence-corrected chi connectivity index (χ2v) is 8.17. The van der Waals surface area contributed by atoms with Gasteiger partial charge in [-0.1, -0.05) is 30.3 Å². The van der Waals surface area contributed by atoms with E-state index >= 15 is 0 Å². The maximum atomic E-state index is 12.6. The lowest BCUT2D eigenvalue weighted by Gasteiger charge is -2.32. The molecule has 1 aliphatic heterocycles. The van der Waals surface area contributed by atoms with Crippen molar-refractivity contribution in [2.24, 2.45) is 5.92 Å². The number of phenolic OH excluding ortho intramolecular Hbond substituents is 1. The predicted molar refractivity (Wildman–Crippen MR) is 113 cm³/mol. The van der Waals surface area contributed by atoms with Gasteiger partial charge in [-0.3, -0.25) is 9.69 Å². The average molecular weight is 447 g/mol. The third-order valence-corrected chi connectivity index (χ3v) is 5.94. The molecule has 3 rings (SSSR count). The Balaban J connectivity index is 1.52. The summed E-state index contributed by atoms with van der Waals surface area (Å²) in [5.41, 5.74) is 2.20. The van der Waals surface area contributed by atoms with Crippen molar-refractivity contribution in [1.29, 1.82) is 0 Å². The number of halogens is 1. The van der Waals surface area contributed by atoms with Crippen LogP contribution >= 0.6 is 15.9 Å². The van der Waals surface area contributed by atoms with E-state index < -0.39 is 0 Å². The minimum absolute atomic E-state index is 0.0218. The van der Waals surface area contributed by atoms with Gasteiger partial charge >= 0.3 is 0 Å². The van der Waals surface area contributed by atoms with Gasteiger partial charge in [0, 0.05) is 12.5 Å². The number of rotatable bonds is 6. The fraction of sp³-hybridized carbons (Fsp3) is 0.409. The molecular formula is C22H27BrN2O3. The van der Waals surface area contributed by atoms with Crippen molar-refractivity contribution in [3.8, 4) is 11.5 Å². The van der Waals surface area contributed by atoms with Gasteiger partial charge in [-0.05, 0) is 72.0 Å². The van der Waals surface area contributed by atoms with E-state index in [-0.39, 0.29) is 23.6 Å². The molecule has 0 spiro atoms. The number of hydrogen-bond donors (Lipinski definition) is 2. The zero-order chi connectivity index (χ0) is 20.1. The summed E-state index contributed by atoms with van der Waals surface area (Å²) in [6, 6.07) is 13.8. The molecule has 2 N–H and O–H groups in total. The van der Waals surface area contributed by atoms with Crippen LogP contribution in [-0.2, 0) is 11.3 Å². The normalized spacial score (nSPS) is 16.5. The number of nitrogens with zero attached hydrogens (tertiary/aromatic N) is 1. The van der Waals surface area contributed by atoms with E-state index in [9.17, 15) is 9.90 Å². The summed E-state index contributed by atoms with van der Waals surface area (Å²) < 4.78 is 5.86. The number of benzene rings is 2. The van der Waals surface area contributed by atoms with Crippen LogP contribution in [0.2, 0.25) is 0 Å². The number of carbonyl (C=O) groups is 1. The zero-order valence-electron chi connectivity index (χ0n) is 16.3. The fourth-order valence-corrected chi connectivity index (χ4v) is 4.13. The summed E-state index contributed by atoms with van der Waals surface area (Å²) in [5, 5.41) is 13.1. The van der Waals surface area contributed by atoms with Crippen LogP contribution in [0.3, 0.4) is 0 Å². The number of likely N-dealkylation sites (tertiary alicyclic amines) is 1. The summed E-state index contributed by atoms with van der Waals surface area (Å²) in [7, 11) is 1.55. The van der Waals surface area contributed by atoms with Gasteiger partial charge in [0.05, 0.1) is 17.6 Å². The fourth-order valence-electron chi connectivity index (χ4n) is 3.64. The lowest BCUT2D eigenvalue weighted by atomic mass is 9.95. The zero-order valence-corrected chi connectivity index (χ0v) is 17.9. The number of amides is 1. The average Bonchev–Trinajstić information content (AvgIpc) is 2.71. The monoisotopic (exact) mass is 446 g/mol. The lowest BCUT2D eigenvalue weighted by Crippen LogP contribution is -2.40. The first-order valence-electron chi connectivity index (χ1n) is 9.61. The Labute approximate surface area is 174 Å². The smallest absolute Gasteiger partial charge is 0.223 e. The van der Waals surface area contributed by atoms with E-state index in [2.05, 4.69) is 26.1 Å². The molecule has 1 aliphatic rings. The number of nitrogens with one attached hydrogen (secondary N) is 1. The number of piperidine rings is 1. The highest BCUT2D eigenvalue weighted by atomic mass is 79.9. The quantitative estimate of drug-likeness (QED) is 0.695. The van der Waals surface area contributed by atoms with Crippen LogP contribution in [0.4, 0.5) is 0 Å². The molecule has 1 amide bonds. The van der Waals surface area contributed by atoms with Gasteiger partial charge in [0.15, 0.2) is 11.5 Å². The molecule has 5 nitrogen and oxygen atoms in total. The highest BCUT2D eigenvalue weighted by molar-refractivity contribution is 9.10. The second-order valence-electron chi connectivity index (χ2n) is 7.32. The van der Waals surface area contributed by atoms with Crippen LogP contribution < -0.4 is 10.1 Å². The second kappa shape index (κ2) is 9.43. The molecule has 1 fully saturated rings. The molecule has 1 saturated heterocycles. The molecule has 0 saturated carbocycles. The number of hydrogen-bond acceptors (Lipinski definition) is 4. The molecule has 2 aromatic rings. The third-order valence-electron chi connectivity index (χ3n) is 5.33. The van der Waals surface area contributed by atoms with E-state index in [1.54, 1.807) is 7.11 Å².